The monoisotopic (exact) mass is 168 g/mol. The van der Waals surface area contributed by atoms with E-state index < -0.39 is 5.97 Å². The van der Waals surface area contributed by atoms with E-state index in [9.17, 15) is 4.79 Å². The molecule has 5 nitrogen and oxygen atoms in total. The number of hydrogen-bond acceptors (Lipinski definition) is 4. The molecule has 1 heterocycles. The average molecular weight is 168 g/mol. The van der Waals surface area contributed by atoms with Gasteiger partial charge in [-0.05, 0) is 12.2 Å². The van der Waals surface area contributed by atoms with E-state index in [4.69, 9.17) is 10.3 Å². The van der Waals surface area contributed by atoms with E-state index in [1.54, 1.807) is 0 Å². The van der Waals surface area contributed by atoms with Crippen molar-refractivity contribution in [1.29, 1.82) is 0 Å². The SMILES string of the molecule is CN(O)/C=C1/C=CC(C(=O)O)=N1. The van der Waals surface area contributed by atoms with E-state index in [-0.39, 0.29) is 5.71 Å². The van der Waals surface area contributed by atoms with Crippen LogP contribution in [-0.4, -0.2) is 34.1 Å². The summed E-state index contributed by atoms with van der Waals surface area (Å²) in [5.41, 5.74) is 0.389. The topological polar surface area (TPSA) is 73.1 Å². The Balaban J connectivity index is 2.79. The van der Waals surface area contributed by atoms with Crippen LogP contribution in [0.25, 0.3) is 0 Å². The highest BCUT2D eigenvalue weighted by Crippen LogP contribution is 2.08. The molecule has 0 unspecified atom stereocenters. The van der Waals surface area contributed by atoms with Crippen LogP contribution < -0.4 is 0 Å². The molecule has 0 aromatic rings. The van der Waals surface area contributed by atoms with Crippen LogP contribution >= 0.6 is 0 Å². The van der Waals surface area contributed by atoms with Gasteiger partial charge in [0, 0.05) is 7.05 Å². The number of carboxylic acid groups (broad SMARTS) is 1. The Morgan fingerprint density at radius 1 is 1.67 bits per heavy atom. The van der Waals surface area contributed by atoms with Gasteiger partial charge in [0.1, 0.15) is 5.71 Å². The quantitative estimate of drug-likeness (QED) is 0.579. The van der Waals surface area contributed by atoms with E-state index >= 15 is 0 Å². The molecule has 12 heavy (non-hydrogen) atoms. The highest BCUT2D eigenvalue weighted by Gasteiger charge is 2.10. The number of hydrogen-bond donors (Lipinski definition) is 2. The number of rotatable bonds is 2. The van der Waals surface area contributed by atoms with Crippen LogP contribution in [0.2, 0.25) is 0 Å². The van der Waals surface area contributed by atoms with Crippen LogP contribution in [0.4, 0.5) is 0 Å². The highest BCUT2D eigenvalue weighted by molar-refractivity contribution is 6.41. The molecule has 0 aromatic heterocycles. The Labute approximate surface area is 68.9 Å². The molecule has 0 aromatic carbocycles. The van der Waals surface area contributed by atoms with E-state index in [1.165, 1.54) is 25.4 Å². The molecule has 1 aliphatic rings. The van der Waals surface area contributed by atoms with Gasteiger partial charge in [0.05, 0.1) is 11.9 Å². The predicted molar refractivity (Wildman–Crippen MR) is 41.8 cm³/mol. The lowest BCUT2D eigenvalue weighted by Gasteiger charge is -2.01. The van der Waals surface area contributed by atoms with Crippen LogP contribution in [0.5, 0.6) is 0 Å². The van der Waals surface area contributed by atoms with Crippen molar-refractivity contribution in [2.24, 2.45) is 4.99 Å². The van der Waals surface area contributed by atoms with E-state index in [2.05, 4.69) is 4.99 Å². The maximum atomic E-state index is 10.3. The maximum Gasteiger partial charge on any atom is 0.354 e. The number of carboxylic acids is 1. The summed E-state index contributed by atoms with van der Waals surface area (Å²) in [5, 5.41) is 18.0. The summed E-state index contributed by atoms with van der Waals surface area (Å²) in [6.07, 6.45) is 4.19. The average Bonchev–Trinajstić information content (AvgIpc) is 2.34. The number of aliphatic imine (C=N–C) groups is 1. The lowest BCUT2D eigenvalue weighted by atomic mass is 10.4. The van der Waals surface area contributed by atoms with Gasteiger partial charge >= 0.3 is 5.97 Å². The second-order valence-electron chi connectivity index (χ2n) is 2.26. The molecule has 0 aliphatic carbocycles. The third-order valence-electron chi connectivity index (χ3n) is 1.20. The first kappa shape index (κ1) is 8.48. The summed E-state index contributed by atoms with van der Waals surface area (Å²) in [6, 6.07) is 0. The van der Waals surface area contributed by atoms with Gasteiger partial charge in [-0.1, -0.05) is 0 Å². The minimum Gasteiger partial charge on any atom is -0.477 e. The summed E-state index contributed by atoms with van der Waals surface area (Å²) in [6.45, 7) is 0. The predicted octanol–water partition coefficient (Wildman–Crippen LogP) is 0.244. The Hall–Kier alpha value is -1.62. The number of allylic oxidation sites excluding steroid dienone is 1. The van der Waals surface area contributed by atoms with E-state index in [0.29, 0.717) is 5.70 Å². The van der Waals surface area contributed by atoms with Crippen molar-refractivity contribution in [2.75, 3.05) is 7.05 Å². The van der Waals surface area contributed by atoms with Crippen molar-refractivity contribution in [3.63, 3.8) is 0 Å². The van der Waals surface area contributed by atoms with Crippen LogP contribution in [0.15, 0.2) is 29.0 Å². The van der Waals surface area contributed by atoms with Gasteiger partial charge in [-0.3, -0.25) is 10.3 Å². The van der Waals surface area contributed by atoms with Crippen molar-refractivity contribution in [1.82, 2.24) is 5.06 Å². The molecule has 0 radical (unpaired) electrons. The standard InChI is InChI=1S/C7H8N2O3/c1-9(12)4-5-2-3-6(8-5)7(10)11/h2-4,12H,1H3,(H,10,11)/b5-4-. The minimum absolute atomic E-state index is 0.0249. The zero-order valence-electron chi connectivity index (χ0n) is 6.43. The van der Waals surface area contributed by atoms with Gasteiger partial charge in [0.15, 0.2) is 0 Å². The molecule has 0 bridgehead atoms. The Kier molecular flexibility index (Phi) is 2.25. The summed E-state index contributed by atoms with van der Waals surface area (Å²) in [4.78, 5) is 14.0. The molecular weight excluding hydrogens is 160 g/mol. The van der Waals surface area contributed by atoms with Gasteiger partial charge in [0.2, 0.25) is 0 Å². The van der Waals surface area contributed by atoms with Gasteiger partial charge in [-0.15, -0.1) is 0 Å². The third-order valence-corrected chi connectivity index (χ3v) is 1.20. The van der Waals surface area contributed by atoms with Crippen molar-refractivity contribution >= 4 is 11.7 Å². The first-order chi connectivity index (χ1) is 5.59. The molecule has 0 amide bonds. The van der Waals surface area contributed by atoms with E-state index in [1.807, 2.05) is 0 Å². The third kappa shape index (κ3) is 1.93. The number of carbonyl (C=O) groups is 1. The van der Waals surface area contributed by atoms with Crippen molar-refractivity contribution < 1.29 is 15.1 Å². The summed E-state index contributed by atoms with van der Waals surface area (Å²) >= 11 is 0. The second-order valence-corrected chi connectivity index (χ2v) is 2.26. The largest absolute Gasteiger partial charge is 0.477 e. The van der Waals surface area contributed by atoms with Crippen molar-refractivity contribution in [3.8, 4) is 0 Å². The van der Waals surface area contributed by atoms with Crippen molar-refractivity contribution in [2.45, 2.75) is 0 Å². The van der Waals surface area contributed by atoms with Crippen LogP contribution in [0.3, 0.4) is 0 Å². The first-order valence-electron chi connectivity index (χ1n) is 3.23. The fourth-order valence-electron chi connectivity index (χ4n) is 0.760. The number of nitrogens with zero attached hydrogens (tertiary/aromatic N) is 2. The lowest BCUT2D eigenvalue weighted by molar-refractivity contribution is -0.129. The lowest BCUT2D eigenvalue weighted by Crippen LogP contribution is -2.07. The van der Waals surface area contributed by atoms with Gasteiger partial charge < -0.3 is 5.11 Å². The van der Waals surface area contributed by atoms with Gasteiger partial charge in [-0.2, -0.15) is 0 Å². The molecular formula is C7H8N2O3. The van der Waals surface area contributed by atoms with E-state index in [0.717, 1.165) is 5.06 Å². The molecule has 0 saturated heterocycles. The Morgan fingerprint density at radius 3 is 2.75 bits per heavy atom. The van der Waals surface area contributed by atoms with Gasteiger partial charge in [0.25, 0.3) is 0 Å². The minimum atomic E-state index is -1.07. The molecule has 0 atom stereocenters. The summed E-state index contributed by atoms with van der Waals surface area (Å²) in [7, 11) is 1.41. The highest BCUT2D eigenvalue weighted by atomic mass is 16.5. The molecule has 2 N–H and O–H groups in total. The fraction of sp³-hybridized carbons (Fsp3) is 0.143. The number of aliphatic carboxylic acids is 1. The van der Waals surface area contributed by atoms with Crippen LogP contribution in [-0.2, 0) is 4.79 Å². The van der Waals surface area contributed by atoms with Gasteiger partial charge in [-0.25, -0.2) is 9.79 Å². The molecule has 1 rings (SSSR count). The molecule has 0 spiro atoms. The van der Waals surface area contributed by atoms with Crippen molar-refractivity contribution in [3.05, 3.63) is 24.0 Å². The maximum absolute atomic E-state index is 10.3. The summed E-state index contributed by atoms with van der Waals surface area (Å²) in [5.74, 6) is -1.07. The normalized spacial score (nSPS) is 18.2. The Morgan fingerprint density at radius 2 is 2.33 bits per heavy atom. The fourth-order valence-corrected chi connectivity index (χ4v) is 0.760. The zero-order chi connectivity index (χ0) is 9.14. The van der Waals surface area contributed by atoms with Crippen LogP contribution in [0, 0.1) is 0 Å². The summed E-state index contributed by atoms with van der Waals surface area (Å²) < 4.78 is 0. The second kappa shape index (κ2) is 3.19. The molecule has 1 aliphatic heterocycles. The Bertz CT molecular complexity index is 289. The molecule has 0 saturated carbocycles. The molecule has 5 heteroatoms. The smallest absolute Gasteiger partial charge is 0.354 e. The first-order valence-corrected chi connectivity index (χ1v) is 3.23. The molecule has 64 valence electrons. The zero-order valence-corrected chi connectivity index (χ0v) is 6.43. The molecule has 0 fully saturated rings. The number of hydroxylamine groups is 2. The van der Waals surface area contributed by atoms with Crippen LogP contribution in [0.1, 0.15) is 0 Å².